The summed E-state index contributed by atoms with van der Waals surface area (Å²) >= 11 is 5.80. The molecule has 2 aliphatic heterocycles. The molecule has 2 aliphatic rings. The van der Waals surface area contributed by atoms with Gasteiger partial charge in [-0.2, -0.15) is 0 Å². The molecule has 156 valence electrons. The number of halogens is 2. The molecule has 30 heavy (non-hydrogen) atoms. The summed E-state index contributed by atoms with van der Waals surface area (Å²) in [6, 6.07) is 8.84. The van der Waals surface area contributed by atoms with Gasteiger partial charge in [-0.1, -0.05) is 11.6 Å². The van der Waals surface area contributed by atoms with Crippen molar-refractivity contribution in [1.29, 1.82) is 0 Å². The number of benzene rings is 2. The molecule has 0 bridgehead atoms. The highest BCUT2D eigenvalue weighted by Crippen LogP contribution is 2.31. The van der Waals surface area contributed by atoms with Gasteiger partial charge in [0, 0.05) is 42.3 Å². The third-order valence-electron chi connectivity index (χ3n) is 5.37. The molecule has 0 spiro atoms. The molecule has 4 rings (SSSR count). The molecule has 0 unspecified atom stereocenters. The molecule has 2 heterocycles. The zero-order valence-electron chi connectivity index (χ0n) is 15.9. The van der Waals surface area contributed by atoms with E-state index in [1.54, 1.807) is 18.2 Å². The Labute approximate surface area is 176 Å². The van der Waals surface area contributed by atoms with Gasteiger partial charge < -0.3 is 20.6 Å². The molecule has 1 fully saturated rings. The number of anilines is 1. The van der Waals surface area contributed by atoms with E-state index in [4.69, 9.17) is 11.6 Å². The van der Waals surface area contributed by atoms with Crippen LogP contribution in [0, 0.1) is 5.82 Å². The second kappa shape index (κ2) is 7.70. The van der Waals surface area contributed by atoms with Gasteiger partial charge in [0.15, 0.2) is 0 Å². The van der Waals surface area contributed by atoms with E-state index in [1.165, 1.54) is 17.0 Å². The molecule has 0 aliphatic carbocycles. The summed E-state index contributed by atoms with van der Waals surface area (Å²) in [5, 5.41) is 16.2. The average Bonchev–Trinajstić information content (AvgIpc) is 3.01. The maximum absolute atomic E-state index is 13.4. The van der Waals surface area contributed by atoms with Gasteiger partial charge in [0.25, 0.3) is 17.7 Å². The van der Waals surface area contributed by atoms with Crippen LogP contribution in [0.25, 0.3) is 0 Å². The largest absolute Gasteiger partial charge is 0.372 e. The minimum atomic E-state index is -2.22. The lowest BCUT2D eigenvalue weighted by Gasteiger charge is -2.23. The molecule has 1 saturated heterocycles. The number of hydrogen-bond donors (Lipinski definition) is 3. The lowest BCUT2D eigenvalue weighted by Crippen LogP contribution is -2.52. The third-order valence-corrected chi connectivity index (χ3v) is 5.59. The molecule has 7 nitrogen and oxygen atoms in total. The van der Waals surface area contributed by atoms with Crippen LogP contribution in [0.1, 0.15) is 27.9 Å². The van der Waals surface area contributed by atoms with Crippen molar-refractivity contribution in [2.24, 2.45) is 0 Å². The number of rotatable bonds is 4. The summed E-state index contributed by atoms with van der Waals surface area (Å²) in [5.41, 5.74) is 0.0799. The van der Waals surface area contributed by atoms with Crippen LogP contribution < -0.4 is 15.5 Å². The quantitative estimate of drug-likeness (QED) is 0.640. The zero-order valence-corrected chi connectivity index (χ0v) is 16.6. The highest BCUT2D eigenvalue weighted by atomic mass is 35.5. The SMILES string of the molecule is O=C1NCCc2cc(N3CC[C@](O)(C(=O)NCc4cc(F)cc(Cl)c4)C3=O)ccc21. The van der Waals surface area contributed by atoms with Crippen LogP contribution in [-0.2, 0) is 22.6 Å². The minimum Gasteiger partial charge on any atom is -0.372 e. The molecule has 0 radical (unpaired) electrons. The van der Waals surface area contributed by atoms with Gasteiger partial charge in [-0.15, -0.1) is 0 Å². The van der Waals surface area contributed by atoms with E-state index in [0.717, 1.165) is 11.6 Å². The van der Waals surface area contributed by atoms with E-state index in [1.807, 2.05) is 0 Å². The molecule has 2 aromatic carbocycles. The molecule has 0 aromatic heterocycles. The monoisotopic (exact) mass is 431 g/mol. The summed E-state index contributed by atoms with van der Waals surface area (Å²) in [6.45, 7) is 0.582. The highest BCUT2D eigenvalue weighted by Gasteiger charge is 2.51. The second-order valence-corrected chi connectivity index (χ2v) is 7.81. The molecular weight excluding hydrogens is 413 g/mol. The Morgan fingerprint density at radius 2 is 2.07 bits per heavy atom. The van der Waals surface area contributed by atoms with E-state index >= 15 is 0 Å². The standard InChI is InChI=1S/C21H19ClFN3O4/c22-14-7-12(8-15(23)10-14)11-25-19(28)21(30)4-6-26(20(21)29)16-1-2-17-13(9-16)3-5-24-18(17)27/h1-2,7-10,30H,3-6,11H2,(H,24,27)(H,25,28)/t21-/m0/s1. The van der Waals surface area contributed by atoms with Gasteiger partial charge in [0.2, 0.25) is 5.60 Å². The summed E-state index contributed by atoms with van der Waals surface area (Å²) in [6.07, 6.45) is 0.553. The Kier molecular flexibility index (Phi) is 5.21. The van der Waals surface area contributed by atoms with Gasteiger partial charge in [0.1, 0.15) is 5.82 Å². The lowest BCUT2D eigenvalue weighted by molar-refractivity contribution is -0.149. The Morgan fingerprint density at radius 1 is 1.27 bits per heavy atom. The number of fused-ring (bicyclic) bond motifs is 1. The van der Waals surface area contributed by atoms with Gasteiger partial charge >= 0.3 is 0 Å². The Morgan fingerprint density at radius 3 is 2.83 bits per heavy atom. The smallest absolute Gasteiger partial charge is 0.268 e. The van der Waals surface area contributed by atoms with Crippen molar-refractivity contribution in [3.8, 4) is 0 Å². The number of aliphatic hydroxyl groups is 1. The molecule has 0 saturated carbocycles. The predicted octanol–water partition coefficient (Wildman–Crippen LogP) is 1.55. The summed E-state index contributed by atoms with van der Waals surface area (Å²) < 4.78 is 13.4. The maximum atomic E-state index is 13.4. The number of amides is 3. The Balaban J connectivity index is 1.48. The van der Waals surface area contributed by atoms with Crippen molar-refractivity contribution in [2.75, 3.05) is 18.0 Å². The fraction of sp³-hybridized carbons (Fsp3) is 0.286. The normalized spacial score (nSPS) is 20.7. The molecule has 3 amide bonds. The first-order valence-corrected chi connectivity index (χ1v) is 9.84. The maximum Gasteiger partial charge on any atom is 0.268 e. The Bertz CT molecular complexity index is 1040. The topological polar surface area (TPSA) is 98.7 Å². The second-order valence-electron chi connectivity index (χ2n) is 7.37. The van der Waals surface area contributed by atoms with Crippen molar-refractivity contribution in [1.82, 2.24) is 10.6 Å². The van der Waals surface area contributed by atoms with Gasteiger partial charge in [-0.3, -0.25) is 14.4 Å². The van der Waals surface area contributed by atoms with E-state index in [9.17, 15) is 23.9 Å². The van der Waals surface area contributed by atoms with Crippen LogP contribution >= 0.6 is 11.6 Å². The van der Waals surface area contributed by atoms with Gasteiger partial charge in [0.05, 0.1) is 0 Å². The van der Waals surface area contributed by atoms with Crippen LogP contribution in [0.4, 0.5) is 10.1 Å². The van der Waals surface area contributed by atoms with Gasteiger partial charge in [-0.05, 0) is 53.9 Å². The van der Waals surface area contributed by atoms with Crippen LogP contribution in [0.15, 0.2) is 36.4 Å². The molecule has 3 N–H and O–H groups in total. The van der Waals surface area contributed by atoms with Crippen molar-refractivity contribution in [3.63, 3.8) is 0 Å². The Hall–Kier alpha value is -2.97. The first kappa shape index (κ1) is 20.3. The van der Waals surface area contributed by atoms with Gasteiger partial charge in [-0.25, -0.2) is 4.39 Å². The first-order chi connectivity index (χ1) is 14.3. The van der Waals surface area contributed by atoms with Crippen molar-refractivity contribution >= 4 is 35.0 Å². The average molecular weight is 432 g/mol. The number of hydrogen-bond acceptors (Lipinski definition) is 4. The van der Waals surface area contributed by atoms with E-state index in [0.29, 0.717) is 29.8 Å². The van der Waals surface area contributed by atoms with Crippen LogP contribution in [0.5, 0.6) is 0 Å². The third kappa shape index (κ3) is 3.64. The fourth-order valence-corrected chi connectivity index (χ4v) is 4.03. The summed E-state index contributed by atoms with van der Waals surface area (Å²) in [5.74, 6) is -2.30. The van der Waals surface area contributed by atoms with Crippen molar-refractivity contribution < 1.29 is 23.9 Å². The zero-order chi connectivity index (χ0) is 21.5. The summed E-state index contributed by atoms with van der Waals surface area (Å²) in [4.78, 5) is 38.7. The van der Waals surface area contributed by atoms with E-state index < -0.39 is 23.2 Å². The number of carbonyl (C=O) groups is 3. The predicted molar refractivity (Wildman–Crippen MR) is 108 cm³/mol. The molecule has 2 aromatic rings. The van der Waals surface area contributed by atoms with Crippen LogP contribution in [0.2, 0.25) is 5.02 Å². The molecule has 9 heteroatoms. The number of nitrogens with zero attached hydrogens (tertiary/aromatic N) is 1. The van der Waals surface area contributed by atoms with E-state index in [2.05, 4.69) is 10.6 Å². The fourth-order valence-electron chi connectivity index (χ4n) is 3.79. The van der Waals surface area contributed by atoms with Crippen LogP contribution in [-0.4, -0.2) is 41.5 Å². The van der Waals surface area contributed by atoms with E-state index in [-0.39, 0.29) is 30.4 Å². The molecule has 1 atom stereocenters. The van der Waals surface area contributed by atoms with Crippen LogP contribution in [0.3, 0.4) is 0 Å². The number of nitrogens with one attached hydrogen (secondary N) is 2. The first-order valence-electron chi connectivity index (χ1n) is 9.47. The minimum absolute atomic E-state index is 0.0835. The van der Waals surface area contributed by atoms with Crippen molar-refractivity contribution in [2.45, 2.75) is 25.0 Å². The lowest BCUT2D eigenvalue weighted by atomic mass is 9.99. The highest BCUT2D eigenvalue weighted by molar-refractivity contribution is 6.30. The van der Waals surface area contributed by atoms with Crippen molar-refractivity contribution in [3.05, 3.63) is 63.9 Å². The number of carbonyl (C=O) groups excluding carboxylic acids is 3. The molecular formula is C21H19ClFN3O4. The summed E-state index contributed by atoms with van der Waals surface area (Å²) in [7, 11) is 0.